The second-order valence-corrected chi connectivity index (χ2v) is 3.03. The summed E-state index contributed by atoms with van der Waals surface area (Å²) in [7, 11) is 0. The zero-order valence-electron chi connectivity index (χ0n) is 5.46. The highest BCUT2D eigenvalue weighted by molar-refractivity contribution is 7.80. The van der Waals surface area contributed by atoms with E-state index in [1.807, 2.05) is 13.8 Å². The van der Waals surface area contributed by atoms with Crippen molar-refractivity contribution in [3.05, 3.63) is 0 Å². The highest BCUT2D eigenvalue weighted by atomic mass is 32.1. The van der Waals surface area contributed by atoms with Gasteiger partial charge in [0.25, 0.3) is 0 Å². The highest BCUT2D eigenvalue weighted by Gasteiger charge is 2.02. The molecule has 2 unspecified atom stereocenters. The molecular formula is C6H14OS. The van der Waals surface area contributed by atoms with Crippen LogP contribution in [-0.4, -0.2) is 16.5 Å². The minimum absolute atomic E-state index is 0.150. The third-order valence-electron chi connectivity index (χ3n) is 1.08. The molecule has 1 N–H and O–H groups in total. The van der Waals surface area contributed by atoms with Gasteiger partial charge >= 0.3 is 0 Å². The molecule has 0 fully saturated rings. The van der Waals surface area contributed by atoms with E-state index in [2.05, 4.69) is 12.6 Å². The second kappa shape index (κ2) is 4.21. The van der Waals surface area contributed by atoms with Gasteiger partial charge in [0.15, 0.2) is 0 Å². The molecular weight excluding hydrogens is 120 g/mol. The maximum Gasteiger partial charge on any atom is 0.0548 e. The molecule has 0 radical (unpaired) electrons. The Morgan fingerprint density at radius 1 is 1.62 bits per heavy atom. The molecule has 0 amide bonds. The maximum absolute atomic E-state index is 8.98. The van der Waals surface area contributed by atoms with Crippen molar-refractivity contribution in [2.45, 2.75) is 38.0 Å². The van der Waals surface area contributed by atoms with Crippen LogP contribution >= 0.6 is 12.6 Å². The van der Waals surface area contributed by atoms with Gasteiger partial charge in [-0.3, -0.25) is 0 Å². The molecule has 0 aliphatic rings. The average molecular weight is 134 g/mol. The molecule has 0 aliphatic carbocycles. The number of hydrogen-bond acceptors (Lipinski definition) is 2. The Bertz CT molecular complexity index is 54.5. The molecule has 0 bridgehead atoms. The van der Waals surface area contributed by atoms with Crippen LogP contribution in [0.4, 0.5) is 0 Å². The Hall–Kier alpha value is 0.310. The monoisotopic (exact) mass is 134 g/mol. The number of rotatable bonds is 3. The Morgan fingerprint density at radius 2 is 2.12 bits per heavy atom. The summed E-state index contributed by atoms with van der Waals surface area (Å²) in [6.45, 7) is 3.96. The molecule has 8 heavy (non-hydrogen) atoms. The van der Waals surface area contributed by atoms with Gasteiger partial charge in [0, 0.05) is 5.25 Å². The minimum Gasteiger partial charge on any atom is -0.393 e. The third kappa shape index (κ3) is 4.47. The SMILES string of the molecule is CCC(O)CC(C)S. The quantitative estimate of drug-likeness (QED) is 0.560. The van der Waals surface area contributed by atoms with E-state index < -0.39 is 0 Å². The molecule has 0 rings (SSSR count). The number of aliphatic hydroxyl groups excluding tert-OH is 1. The van der Waals surface area contributed by atoms with Crippen LogP contribution in [0.25, 0.3) is 0 Å². The maximum atomic E-state index is 8.98. The van der Waals surface area contributed by atoms with Gasteiger partial charge < -0.3 is 5.11 Å². The van der Waals surface area contributed by atoms with E-state index in [0.717, 1.165) is 12.8 Å². The fourth-order valence-electron chi connectivity index (χ4n) is 0.560. The lowest BCUT2D eigenvalue weighted by Crippen LogP contribution is -2.09. The van der Waals surface area contributed by atoms with Gasteiger partial charge in [0.2, 0.25) is 0 Å². The molecule has 0 aromatic rings. The number of hydrogen-bond donors (Lipinski definition) is 2. The molecule has 1 nitrogen and oxygen atoms in total. The molecule has 2 heteroatoms. The molecule has 0 spiro atoms. The van der Waals surface area contributed by atoms with E-state index in [9.17, 15) is 0 Å². The van der Waals surface area contributed by atoms with Crippen LogP contribution in [0.3, 0.4) is 0 Å². The fourth-order valence-corrected chi connectivity index (χ4v) is 0.804. The summed E-state index contributed by atoms with van der Waals surface area (Å²) in [6.07, 6.45) is 1.49. The van der Waals surface area contributed by atoms with Crippen LogP contribution in [-0.2, 0) is 0 Å². The summed E-state index contributed by atoms with van der Waals surface area (Å²) in [6, 6.07) is 0. The number of thiol groups is 1. The van der Waals surface area contributed by atoms with Crippen LogP contribution in [0.1, 0.15) is 26.7 Å². The van der Waals surface area contributed by atoms with Crippen molar-refractivity contribution >= 4 is 12.6 Å². The molecule has 0 saturated carbocycles. The van der Waals surface area contributed by atoms with E-state index in [1.54, 1.807) is 0 Å². The topological polar surface area (TPSA) is 20.2 Å². The van der Waals surface area contributed by atoms with E-state index >= 15 is 0 Å². The Morgan fingerprint density at radius 3 is 2.25 bits per heavy atom. The molecule has 2 atom stereocenters. The van der Waals surface area contributed by atoms with E-state index in [-0.39, 0.29) is 6.10 Å². The molecule has 0 saturated heterocycles. The molecule has 0 heterocycles. The van der Waals surface area contributed by atoms with Crippen molar-refractivity contribution in [2.24, 2.45) is 0 Å². The van der Waals surface area contributed by atoms with Crippen LogP contribution < -0.4 is 0 Å². The second-order valence-electron chi connectivity index (χ2n) is 2.15. The van der Waals surface area contributed by atoms with Crippen LogP contribution in [0.2, 0.25) is 0 Å². The fraction of sp³-hybridized carbons (Fsp3) is 1.00. The van der Waals surface area contributed by atoms with Crippen molar-refractivity contribution in [3.8, 4) is 0 Å². The zero-order chi connectivity index (χ0) is 6.57. The van der Waals surface area contributed by atoms with E-state index in [1.165, 1.54) is 0 Å². The molecule has 50 valence electrons. The first-order chi connectivity index (χ1) is 3.66. The van der Waals surface area contributed by atoms with Gasteiger partial charge in [-0.25, -0.2) is 0 Å². The van der Waals surface area contributed by atoms with Crippen molar-refractivity contribution in [3.63, 3.8) is 0 Å². The van der Waals surface area contributed by atoms with Crippen molar-refractivity contribution in [2.75, 3.05) is 0 Å². The lowest BCUT2D eigenvalue weighted by atomic mass is 10.2. The molecule has 0 aliphatic heterocycles. The van der Waals surface area contributed by atoms with Crippen LogP contribution in [0.15, 0.2) is 0 Å². The third-order valence-corrected chi connectivity index (χ3v) is 1.30. The van der Waals surface area contributed by atoms with Crippen molar-refractivity contribution < 1.29 is 5.11 Å². The largest absolute Gasteiger partial charge is 0.393 e. The molecule has 0 aromatic carbocycles. The predicted molar refractivity (Wildman–Crippen MR) is 39.4 cm³/mol. The van der Waals surface area contributed by atoms with E-state index in [0.29, 0.717) is 5.25 Å². The first-order valence-electron chi connectivity index (χ1n) is 3.03. The van der Waals surface area contributed by atoms with Crippen LogP contribution in [0, 0.1) is 0 Å². The summed E-state index contributed by atoms with van der Waals surface area (Å²) < 4.78 is 0. The summed E-state index contributed by atoms with van der Waals surface area (Å²) >= 11 is 4.13. The lowest BCUT2D eigenvalue weighted by Gasteiger charge is -2.08. The first-order valence-corrected chi connectivity index (χ1v) is 3.54. The summed E-state index contributed by atoms with van der Waals surface area (Å²) in [5, 5.41) is 9.30. The standard InChI is InChI=1S/C6H14OS/c1-3-6(7)4-5(2)8/h5-8H,3-4H2,1-2H3. The highest BCUT2D eigenvalue weighted by Crippen LogP contribution is 2.05. The molecule has 0 aromatic heterocycles. The zero-order valence-corrected chi connectivity index (χ0v) is 6.36. The average Bonchev–Trinajstić information content (AvgIpc) is 1.65. The summed E-state index contributed by atoms with van der Waals surface area (Å²) in [5.41, 5.74) is 0. The lowest BCUT2D eigenvalue weighted by molar-refractivity contribution is 0.161. The van der Waals surface area contributed by atoms with Gasteiger partial charge in [-0.1, -0.05) is 13.8 Å². The van der Waals surface area contributed by atoms with Gasteiger partial charge in [-0.2, -0.15) is 12.6 Å². The van der Waals surface area contributed by atoms with Gasteiger partial charge in [-0.15, -0.1) is 0 Å². The van der Waals surface area contributed by atoms with Gasteiger partial charge in [0.1, 0.15) is 0 Å². The Kier molecular flexibility index (Phi) is 4.38. The van der Waals surface area contributed by atoms with Crippen molar-refractivity contribution in [1.29, 1.82) is 0 Å². The predicted octanol–water partition coefficient (Wildman–Crippen LogP) is 1.47. The Labute approximate surface area is 56.5 Å². The Balaban J connectivity index is 3.10. The first kappa shape index (κ1) is 8.31. The normalized spacial score (nSPS) is 18.0. The summed E-state index contributed by atoms with van der Waals surface area (Å²) in [4.78, 5) is 0. The van der Waals surface area contributed by atoms with E-state index in [4.69, 9.17) is 5.11 Å². The summed E-state index contributed by atoms with van der Waals surface area (Å²) in [5.74, 6) is 0. The number of aliphatic hydroxyl groups is 1. The smallest absolute Gasteiger partial charge is 0.0548 e. The van der Waals surface area contributed by atoms with Gasteiger partial charge in [0.05, 0.1) is 6.10 Å². The minimum atomic E-state index is -0.150. The van der Waals surface area contributed by atoms with Gasteiger partial charge in [-0.05, 0) is 12.8 Å². The van der Waals surface area contributed by atoms with Crippen LogP contribution in [0.5, 0.6) is 0 Å². The van der Waals surface area contributed by atoms with Crippen molar-refractivity contribution in [1.82, 2.24) is 0 Å².